The first-order valence-corrected chi connectivity index (χ1v) is 13.1. The molecule has 2 aromatic heterocycles. The maximum atomic E-state index is 13.9. The Morgan fingerprint density at radius 1 is 0.907 bits per heavy atom. The molecule has 0 unspecified atom stereocenters. The van der Waals surface area contributed by atoms with Crippen LogP contribution in [-0.4, -0.2) is 35.7 Å². The third kappa shape index (κ3) is 6.15. The molecule has 0 aliphatic rings. The van der Waals surface area contributed by atoms with Crippen molar-refractivity contribution >= 4 is 28.6 Å². The number of carbonyl (C=O) groups is 1. The molecule has 0 saturated heterocycles. The van der Waals surface area contributed by atoms with Gasteiger partial charge < -0.3 is 9.13 Å². The fraction of sp³-hybridized carbons (Fsp3) is 0.250. The van der Waals surface area contributed by atoms with Crippen LogP contribution in [0.15, 0.2) is 65.7 Å². The number of hydrogen-bond acceptors (Lipinski definition) is 5. The van der Waals surface area contributed by atoms with Gasteiger partial charge in [0.1, 0.15) is 0 Å². The van der Waals surface area contributed by atoms with Gasteiger partial charge >= 0.3 is 12.4 Å². The van der Waals surface area contributed by atoms with E-state index in [4.69, 9.17) is 0 Å². The quantitative estimate of drug-likeness (QED) is 0.219. The Bertz CT molecular complexity index is 1820. The van der Waals surface area contributed by atoms with Gasteiger partial charge in [0, 0.05) is 12.1 Å². The number of halogens is 6. The summed E-state index contributed by atoms with van der Waals surface area (Å²) in [5.41, 5.74) is 0.940. The Kier molecular flexibility index (Phi) is 7.82. The van der Waals surface area contributed by atoms with Gasteiger partial charge in [0.25, 0.3) is 11.9 Å². The first kappa shape index (κ1) is 29.5. The number of benzene rings is 3. The number of fused-ring (bicyclic) bond motifs is 1. The van der Waals surface area contributed by atoms with Gasteiger partial charge in [0.15, 0.2) is 0 Å². The van der Waals surface area contributed by atoms with Crippen LogP contribution in [0.3, 0.4) is 0 Å². The van der Waals surface area contributed by atoms with Crippen molar-refractivity contribution in [2.45, 2.75) is 45.7 Å². The first-order chi connectivity index (χ1) is 20.4. The van der Waals surface area contributed by atoms with E-state index in [1.54, 1.807) is 28.2 Å². The summed E-state index contributed by atoms with van der Waals surface area (Å²) < 4.78 is 84.5. The van der Waals surface area contributed by atoms with Crippen molar-refractivity contribution in [1.29, 1.82) is 0 Å². The molecule has 0 bridgehead atoms. The molecule has 224 valence electrons. The molecular formula is C28H24F6N8O. The maximum Gasteiger partial charge on any atom is 0.416 e. The Morgan fingerprint density at radius 2 is 1.58 bits per heavy atom. The summed E-state index contributed by atoms with van der Waals surface area (Å²) in [5.74, 6) is -0.512. The van der Waals surface area contributed by atoms with Gasteiger partial charge in [-0.2, -0.15) is 31.6 Å². The molecule has 1 amide bonds. The van der Waals surface area contributed by atoms with Gasteiger partial charge in [0.05, 0.1) is 34.4 Å². The number of amides is 1. The summed E-state index contributed by atoms with van der Waals surface area (Å²) in [4.78, 5) is 17.1. The number of aromatic nitrogens is 6. The molecule has 0 aliphatic carbocycles. The summed E-state index contributed by atoms with van der Waals surface area (Å²) in [6.45, 7) is 3.94. The highest BCUT2D eigenvalue weighted by Gasteiger charge is 2.33. The van der Waals surface area contributed by atoms with E-state index in [-0.39, 0.29) is 34.9 Å². The minimum Gasteiger partial charge on any atom is -0.310 e. The van der Waals surface area contributed by atoms with Crippen LogP contribution in [0.4, 0.5) is 38.0 Å². The summed E-state index contributed by atoms with van der Waals surface area (Å²) in [6.07, 6.45) is -8.84. The number of rotatable bonds is 7. The second kappa shape index (κ2) is 11.4. The number of aromatic amines is 1. The minimum absolute atomic E-state index is 0.0151. The monoisotopic (exact) mass is 602 g/mol. The number of aryl methyl sites for hydroxylation is 2. The second-order valence-electron chi connectivity index (χ2n) is 9.53. The number of nitrogens with one attached hydrogen (secondary N) is 2. The van der Waals surface area contributed by atoms with E-state index in [9.17, 15) is 31.1 Å². The fourth-order valence-corrected chi connectivity index (χ4v) is 4.73. The highest BCUT2D eigenvalue weighted by Crippen LogP contribution is 2.34. The minimum atomic E-state index is -4.61. The van der Waals surface area contributed by atoms with Crippen molar-refractivity contribution in [3.63, 3.8) is 0 Å². The highest BCUT2D eigenvalue weighted by atomic mass is 19.4. The van der Waals surface area contributed by atoms with Crippen LogP contribution in [0.5, 0.6) is 0 Å². The maximum absolute atomic E-state index is 13.9. The molecule has 0 fully saturated rings. The van der Waals surface area contributed by atoms with Crippen molar-refractivity contribution in [1.82, 2.24) is 29.8 Å². The van der Waals surface area contributed by atoms with Crippen molar-refractivity contribution in [3.05, 3.63) is 94.1 Å². The summed E-state index contributed by atoms with van der Waals surface area (Å²) >= 11 is 0. The number of tetrazole rings is 1. The summed E-state index contributed by atoms with van der Waals surface area (Å²) in [5, 5.41) is 15.4. The number of imidazole rings is 1. The molecule has 43 heavy (non-hydrogen) atoms. The Morgan fingerprint density at radius 3 is 2.14 bits per heavy atom. The number of anilines is 1. The standard InChI is InChI=1S/C28H24F6N8O/c1-3-17-13-20(28(32,33)34)14-22-23(17)41(4-2)26(35-21-11-9-19(10-12-21)27(29,30)31)42(22)15-16-5-7-18(8-6-16)24(43)36-25-37-39-40-38-25/h5-14H,3-4,15H2,1-2H3,(H2,36,37,38,39,40,43). The van der Waals surface area contributed by atoms with E-state index in [0.29, 0.717) is 29.6 Å². The van der Waals surface area contributed by atoms with Crippen LogP contribution in [-0.2, 0) is 31.9 Å². The molecule has 0 aliphatic heterocycles. The van der Waals surface area contributed by atoms with Crippen molar-refractivity contribution in [3.8, 4) is 0 Å². The average Bonchev–Trinajstić information content (AvgIpc) is 3.58. The lowest BCUT2D eigenvalue weighted by atomic mass is 10.1. The molecule has 3 aromatic carbocycles. The third-order valence-corrected chi connectivity index (χ3v) is 6.79. The number of alkyl halides is 6. The molecule has 0 spiro atoms. The van der Waals surface area contributed by atoms with Gasteiger partial charge in [0.2, 0.25) is 5.62 Å². The SMILES string of the molecule is CCc1cc(C(F)(F)F)cc2c1n(CC)c(=Nc1ccc(C(F)(F)F)cc1)n2Cc1ccc(C(=O)Nc2nn[nH]n2)cc1. The molecule has 2 N–H and O–H groups in total. The Labute approximate surface area is 239 Å². The van der Waals surface area contributed by atoms with Gasteiger partial charge in [-0.3, -0.25) is 10.1 Å². The average molecular weight is 603 g/mol. The van der Waals surface area contributed by atoms with E-state index < -0.39 is 29.4 Å². The second-order valence-corrected chi connectivity index (χ2v) is 9.53. The molecule has 15 heteroatoms. The normalized spacial score (nSPS) is 12.7. The zero-order chi connectivity index (χ0) is 30.9. The van der Waals surface area contributed by atoms with Gasteiger partial charge in [-0.1, -0.05) is 24.2 Å². The van der Waals surface area contributed by atoms with Crippen LogP contribution in [0, 0.1) is 0 Å². The van der Waals surface area contributed by atoms with E-state index in [1.807, 2.05) is 6.92 Å². The zero-order valence-electron chi connectivity index (χ0n) is 22.8. The lowest BCUT2D eigenvalue weighted by molar-refractivity contribution is -0.138. The molecule has 2 heterocycles. The molecule has 0 radical (unpaired) electrons. The molecule has 9 nitrogen and oxygen atoms in total. The van der Waals surface area contributed by atoms with E-state index in [0.717, 1.165) is 24.3 Å². The number of nitrogens with zero attached hydrogens (tertiary/aromatic N) is 6. The lowest BCUT2D eigenvalue weighted by Crippen LogP contribution is -2.26. The zero-order valence-corrected chi connectivity index (χ0v) is 22.8. The number of hydrogen-bond donors (Lipinski definition) is 2. The van der Waals surface area contributed by atoms with Crippen LogP contribution in [0.2, 0.25) is 0 Å². The summed E-state index contributed by atoms with van der Waals surface area (Å²) in [7, 11) is 0. The number of H-pyrrole nitrogens is 1. The molecule has 0 atom stereocenters. The van der Waals surface area contributed by atoms with Crippen LogP contribution in [0.1, 0.15) is 46.5 Å². The predicted octanol–water partition coefficient (Wildman–Crippen LogP) is 6.11. The van der Waals surface area contributed by atoms with Gasteiger partial charge in [-0.05, 0) is 78.2 Å². The highest BCUT2D eigenvalue weighted by molar-refractivity contribution is 6.03. The van der Waals surface area contributed by atoms with Crippen molar-refractivity contribution in [2.75, 3.05) is 5.32 Å². The predicted molar refractivity (Wildman–Crippen MR) is 144 cm³/mol. The van der Waals surface area contributed by atoms with E-state index in [1.165, 1.54) is 24.3 Å². The van der Waals surface area contributed by atoms with Gasteiger partial charge in [-0.15, -0.1) is 5.10 Å². The van der Waals surface area contributed by atoms with Crippen molar-refractivity contribution in [2.24, 2.45) is 4.99 Å². The van der Waals surface area contributed by atoms with Gasteiger partial charge in [-0.25, -0.2) is 4.99 Å². The third-order valence-electron chi connectivity index (χ3n) is 6.79. The summed E-state index contributed by atoms with van der Waals surface area (Å²) in [6, 6.07) is 12.8. The smallest absolute Gasteiger partial charge is 0.310 e. The van der Waals surface area contributed by atoms with Crippen LogP contribution in [0.25, 0.3) is 11.0 Å². The van der Waals surface area contributed by atoms with E-state index in [2.05, 4.69) is 30.9 Å². The Balaban J connectivity index is 1.65. The van der Waals surface area contributed by atoms with E-state index >= 15 is 0 Å². The molecular weight excluding hydrogens is 578 g/mol. The van der Waals surface area contributed by atoms with Crippen LogP contribution < -0.4 is 10.9 Å². The largest absolute Gasteiger partial charge is 0.416 e. The van der Waals surface area contributed by atoms with Crippen LogP contribution >= 0.6 is 0 Å². The fourth-order valence-electron chi connectivity index (χ4n) is 4.73. The molecule has 5 aromatic rings. The topological polar surface area (TPSA) is 106 Å². The molecule has 0 saturated carbocycles. The molecule has 5 rings (SSSR count). The van der Waals surface area contributed by atoms with Crippen molar-refractivity contribution < 1.29 is 31.1 Å². The number of carbonyl (C=O) groups excluding carboxylic acids is 1. The first-order valence-electron chi connectivity index (χ1n) is 13.1. The lowest BCUT2D eigenvalue weighted by Gasteiger charge is -2.12. The Hall–Kier alpha value is -4.95.